The van der Waals surface area contributed by atoms with Crippen molar-refractivity contribution >= 4 is 11.6 Å². The van der Waals surface area contributed by atoms with Crippen molar-refractivity contribution in [3.63, 3.8) is 0 Å². The van der Waals surface area contributed by atoms with Crippen molar-refractivity contribution in [2.45, 2.75) is 26.7 Å². The van der Waals surface area contributed by atoms with E-state index in [9.17, 15) is 4.79 Å². The predicted molar refractivity (Wildman–Crippen MR) is 67.5 cm³/mol. The highest BCUT2D eigenvalue weighted by Gasteiger charge is 2.17. The molecule has 0 fully saturated rings. The van der Waals surface area contributed by atoms with Crippen LogP contribution in [0.2, 0.25) is 0 Å². The Morgan fingerprint density at radius 1 is 1.38 bits per heavy atom. The fraction of sp³-hybridized carbons (Fsp3) is 0.462. The maximum atomic E-state index is 10.7. The van der Waals surface area contributed by atoms with Crippen LogP contribution in [-0.4, -0.2) is 19.0 Å². The average molecular weight is 220 g/mol. The third-order valence-corrected chi connectivity index (χ3v) is 2.61. The van der Waals surface area contributed by atoms with E-state index in [1.165, 1.54) is 11.3 Å². The van der Waals surface area contributed by atoms with Crippen molar-refractivity contribution in [3.05, 3.63) is 29.8 Å². The predicted octanol–water partition coefficient (Wildman–Crippen LogP) is 1.95. The zero-order valence-electron chi connectivity index (χ0n) is 10.1. The Morgan fingerprint density at radius 3 is 2.75 bits per heavy atom. The first-order valence-corrected chi connectivity index (χ1v) is 5.88. The van der Waals surface area contributed by atoms with Crippen LogP contribution < -0.4 is 10.6 Å². The quantitative estimate of drug-likeness (QED) is 0.846. The molecule has 1 aliphatic rings. The molecule has 0 spiro atoms. The molecule has 3 heteroatoms. The van der Waals surface area contributed by atoms with Gasteiger partial charge in [0, 0.05) is 25.2 Å². The van der Waals surface area contributed by atoms with Gasteiger partial charge in [0.25, 0.3) is 0 Å². The Bertz CT molecular complexity index is 350. The number of hydrogen-bond acceptors (Lipinski definition) is 2. The number of amides is 1. The second-order valence-corrected chi connectivity index (χ2v) is 3.58. The van der Waals surface area contributed by atoms with Gasteiger partial charge in [0.15, 0.2) is 0 Å². The number of rotatable bonds is 3. The van der Waals surface area contributed by atoms with Crippen molar-refractivity contribution < 1.29 is 4.79 Å². The lowest BCUT2D eigenvalue weighted by Gasteiger charge is -2.17. The molecule has 1 amide bonds. The molecule has 1 aromatic carbocycles. The fourth-order valence-corrected chi connectivity index (χ4v) is 1.88. The number of nitrogens with two attached hydrogens (primary N) is 1. The number of benzene rings is 1. The van der Waals surface area contributed by atoms with Crippen molar-refractivity contribution in [3.8, 4) is 0 Å². The number of primary amides is 1. The topological polar surface area (TPSA) is 46.3 Å². The summed E-state index contributed by atoms with van der Waals surface area (Å²) in [6, 6.07) is 8.32. The summed E-state index contributed by atoms with van der Waals surface area (Å²) in [5.41, 5.74) is 7.76. The lowest BCUT2D eigenvalue weighted by atomic mass is 10.2. The molecule has 0 radical (unpaired) electrons. The summed E-state index contributed by atoms with van der Waals surface area (Å²) in [5, 5.41) is 0. The summed E-state index contributed by atoms with van der Waals surface area (Å²) in [4.78, 5) is 12.9. The van der Waals surface area contributed by atoms with Crippen LogP contribution in [0.15, 0.2) is 24.3 Å². The third-order valence-electron chi connectivity index (χ3n) is 2.61. The molecule has 0 atom stereocenters. The number of hydrogen-bond donors (Lipinski definition) is 1. The van der Waals surface area contributed by atoms with Gasteiger partial charge in [-0.15, -0.1) is 0 Å². The zero-order valence-corrected chi connectivity index (χ0v) is 10.1. The van der Waals surface area contributed by atoms with Crippen LogP contribution >= 0.6 is 0 Å². The molecule has 0 aliphatic carbocycles. The molecule has 0 saturated carbocycles. The highest BCUT2D eigenvalue weighted by atomic mass is 16.1. The largest absolute Gasteiger partial charge is 0.370 e. The summed E-state index contributed by atoms with van der Waals surface area (Å²) >= 11 is 0. The monoisotopic (exact) mass is 220 g/mol. The van der Waals surface area contributed by atoms with Gasteiger partial charge in [-0.2, -0.15) is 0 Å². The van der Waals surface area contributed by atoms with Gasteiger partial charge in [-0.1, -0.05) is 32.0 Å². The number of nitrogens with zero attached hydrogens (tertiary/aromatic N) is 1. The third kappa shape index (κ3) is 2.99. The number of carbonyl (C=O) groups is 1. The molecule has 0 bridgehead atoms. The Kier molecular flexibility index (Phi) is 4.83. The second-order valence-electron chi connectivity index (χ2n) is 3.58. The number of para-hydroxylation sites is 1. The minimum Gasteiger partial charge on any atom is -0.370 e. The van der Waals surface area contributed by atoms with E-state index < -0.39 is 0 Å². The molecule has 1 aromatic rings. The van der Waals surface area contributed by atoms with E-state index in [1.807, 2.05) is 19.9 Å². The smallest absolute Gasteiger partial charge is 0.219 e. The van der Waals surface area contributed by atoms with E-state index in [0.29, 0.717) is 6.42 Å². The first-order valence-electron chi connectivity index (χ1n) is 5.88. The molecule has 0 unspecified atom stereocenters. The van der Waals surface area contributed by atoms with Crippen LogP contribution in [0.25, 0.3) is 0 Å². The van der Waals surface area contributed by atoms with Crippen molar-refractivity contribution in [1.29, 1.82) is 0 Å². The van der Waals surface area contributed by atoms with Crippen LogP contribution in [0.1, 0.15) is 25.8 Å². The van der Waals surface area contributed by atoms with E-state index in [1.54, 1.807) is 0 Å². The van der Waals surface area contributed by atoms with Crippen molar-refractivity contribution in [2.24, 2.45) is 5.73 Å². The van der Waals surface area contributed by atoms with E-state index in [-0.39, 0.29) is 5.91 Å². The van der Waals surface area contributed by atoms with E-state index in [4.69, 9.17) is 5.73 Å². The maximum absolute atomic E-state index is 10.7. The van der Waals surface area contributed by atoms with Crippen LogP contribution in [0.5, 0.6) is 0 Å². The SMILES string of the molecule is CC.NC(=O)CCN1CCc2ccccc21. The van der Waals surface area contributed by atoms with Gasteiger partial charge >= 0.3 is 0 Å². The number of anilines is 1. The summed E-state index contributed by atoms with van der Waals surface area (Å²) in [5.74, 6) is -0.227. The first-order chi connectivity index (χ1) is 7.77. The molecular weight excluding hydrogens is 200 g/mol. The zero-order chi connectivity index (χ0) is 12.0. The van der Waals surface area contributed by atoms with Crippen molar-refractivity contribution in [1.82, 2.24) is 0 Å². The minimum absolute atomic E-state index is 0.227. The van der Waals surface area contributed by atoms with Crippen LogP contribution in [-0.2, 0) is 11.2 Å². The Balaban J connectivity index is 0.000000606. The van der Waals surface area contributed by atoms with E-state index in [2.05, 4.69) is 23.1 Å². The second kappa shape index (κ2) is 6.16. The van der Waals surface area contributed by atoms with Gasteiger partial charge < -0.3 is 10.6 Å². The Labute approximate surface area is 97.2 Å². The highest BCUT2D eigenvalue weighted by Crippen LogP contribution is 2.26. The average Bonchev–Trinajstić information content (AvgIpc) is 2.72. The summed E-state index contributed by atoms with van der Waals surface area (Å²) < 4.78 is 0. The molecular formula is C13H20N2O. The van der Waals surface area contributed by atoms with Gasteiger partial charge in [-0.3, -0.25) is 4.79 Å². The lowest BCUT2D eigenvalue weighted by Crippen LogP contribution is -2.26. The van der Waals surface area contributed by atoms with E-state index in [0.717, 1.165) is 19.5 Å². The molecule has 0 aromatic heterocycles. The molecule has 2 N–H and O–H groups in total. The van der Waals surface area contributed by atoms with Gasteiger partial charge in [0.1, 0.15) is 0 Å². The fourth-order valence-electron chi connectivity index (χ4n) is 1.88. The lowest BCUT2D eigenvalue weighted by molar-refractivity contribution is -0.117. The summed E-state index contributed by atoms with van der Waals surface area (Å²) in [6.45, 7) is 5.75. The molecule has 88 valence electrons. The van der Waals surface area contributed by atoms with Crippen LogP contribution in [0.4, 0.5) is 5.69 Å². The van der Waals surface area contributed by atoms with Gasteiger partial charge in [0.05, 0.1) is 0 Å². The highest BCUT2D eigenvalue weighted by molar-refractivity contribution is 5.74. The summed E-state index contributed by atoms with van der Waals surface area (Å²) in [7, 11) is 0. The molecule has 16 heavy (non-hydrogen) atoms. The Hall–Kier alpha value is -1.51. The standard InChI is InChI=1S/C11H14N2O.C2H6/c12-11(14)6-8-13-7-5-9-3-1-2-4-10(9)13;1-2/h1-4H,5-8H2,(H2,12,14);1-2H3. The molecule has 3 nitrogen and oxygen atoms in total. The van der Waals surface area contributed by atoms with Gasteiger partial charge in [0.2, 0.25) is 5.91 Å². The molecule has 1 heterocycles. The van der Waals surface area contributed by atoms with Crippen LogP contribution in [0.3, 0.4) is 0 Å². The molecule has 0 saturated heterocycles. The summed E-state index contributed by atoms with van der Waals surface area (Å²) in [6.07, 6.45) is 1.52. The van der Waals surface area contributed by atoms with Gasteiger partial charge in [-0.05, 0) is 18.1 Å². The normalized spacial score (nSPS) is 12.8. The number of carbonyl (C=O) groups excluding carboxylic acids is 1. The van der Waals surface area contributed by atoms with Gasteiger partial charge in [-0.25, -0.2) is 0 Å². The molecule has 1 aliphatic heterocycles. The van der Waals surface area contributed by atoms with E-state index >= 15 is 0 Å². The first kappa shape index (κ1) is 12.6. The van der Waals surface area contributed by atoms with Crippen LogP contribution in [0, 0.1) is 0 Å². The van der Waals surface area contributed by atoms with Crippen molar-refractivity contribution in [2.75, 3.05) is 18.0 Å². The maximum Gasteiger partial charge on any atom is 0.219 e. The Morgan fingerprint density at radius 2 is 2.06 bits per heavy atom. The minimum atomic E-state index is -0.227. The molecule has 2 rings (SSSR count). The number of fused-ring (bicyclic) bond motifs is 1.